The smallest absolute Gasteiger partial charge is 0.224 e. The molecule has 0 atom stereocenters. The quantitative estimate of drug-likeness (QED) is 0.768. The number of aromatic nitrogens is 4. The normalized spacial score (nSPS) is 14.7. The first-order valence-corrected chi connectivity index (χ1v) is 6.07. The second-order valence-electron chi connectivity index (χ2n) is 4.77. The summed E-state index contributed by atoms with van der Waals surface area (Å²) in [5.41, 5.74) is 2.36. The van der Waals surface area contributed by atoms with Gasteiger partial charge in [0.05, 0.1) is 11.9 Å². The number of amides is 1. The van der Waals surface area contributed by atoms with Crippen molar-refractivity contribution in [3.8, 4) is 11.5 Å². The molecular weight excluding hydrogens is 230 g/mol. The average molecular weight is 245 g/mol. The molecule has 1 saturated carbocycles. The molecule has 1 aliphatic rings. The van der Waals surface area contributed by atoms with Gasteiger partial charge in [-0.1, -0.05) is 0 Å². The zero-order valence-electron chi connectivity index (χ0n) is 10.2. The van der Waals surface area contributed by atoms with Gasteiger partial charge in [0.2, 0.25) is 5.91 Å². The molecule has 3 rings (SSSR count). The van der Waals surface area contributed by atoms with E-state index in [0.717, 1.165) is 5.69 Å². The third-order valence-electron chi connectivity index (χ3n) is 3.02. The summed E-state index contributed by atoms with van der Waals surface area (Å²) in [6, 6.07) is 0. The minimum atomic E-state index is 0.0448. The number of hydrogen-bond donors (Lipinski definition) is 3. The van der Waals surface area contributed by atoms with Gasteiger partial charge in [-0.2, -0.15) is 5.10 Å². The maximum Gasteiger partial charge on any atom is 0.224 e. The van der Waals surface area contributed by atoms with E-state index >= 15 is 0 Å². The van der Waals surface area contributed by atoms with E-state index in [2.05, 4.69) is 25.5 Å². The van der Waals surface area contributed by atoms with Crippen LogP contribution in [0.4, 0.5) is 5.69 Å². The maximum absolute atomic E-state index is 11.8. The lowest BCUT2D eigenvalue weighted by Crippen LogP contribution is -2.12. The van der Waals surface area contributed by atoms with Gasteiger partial charge >= 0.3 is 0 Å². The van der Waals surface area contributed by atoms with Gasteiger partial charge in [-0.25, -0.2) is 4.98 Å². The Balaban J connectivity index is 1.76. The van der Waals surface area contributed by atoms with E-state index in [0.29, 0.717) is 29.5 Å². The van der Waals surface area contributed by atoms with Crippen LogP contribution >= 0.6 is 0 Å². The van der Waals surface area contributed by atoms with Crippen LogP contribution in [0.15, 0.2) is 12.4 Å². The van der Waals surface area contributed by atoms with Gasteiger partial charge in [0.15, 0.2) is 5.82 Å². The molecule has 1 aliphatic carbocycles. The number of imidazole rings is 1. The molecule has 0 bridgehead atoms. The average Bonchev–Trinajstić information content (AvgIpc) is 2.85. The lowest BCUT2D eigenvalue weighted by molar-refractivity contribution is -0.116. The predicted molar refractivity (Wildman–Crippen MR) is 66.9 cm³/mol. The van der Waals surface area contributed by atoms with Gasteiger partial charge < -0.3 is 10.3 Å². The molecule has 1 amide bonds. The van der Waals surface area contributed by atoms with Crippen LogP contribution in [0.25, 0.3) is 11.5 Å². The number of aromatic amines is 2. The van der Waals surface area contributed by atoms with Gasteiger partial charge in [0, 0.05) is 18.3 Å². The fraction of sp³-hybridized carbons (Fsp3) is 0.417. The molecule has 2 heterocycles. The second kappa shape index (κ2) is 4.29. The summed E-state index contributed by atoms with van der Waals surface area (Å²) in [4.78, 5) is 19.1. The Labute approximate surface area is 104 Å². The molecular formula is C12H15N5O. The Morgan fingerprint density at radius 3 is 3.00 bits per heavy atom. The molecule has 0 aromatic carbocycles. The summed E-state index contributed by atoms with van der Waals surface area (Å²) in [7, 11) is 0. The van der Waals surface area contributed by atoms with Crippen molar-refractivity contribution in [3.05, 3.63) is 18.1 Å². The Morgan fingerprint density at radius 1 is 1.50 bits per heavy atom. The van der Waals surface area contributed by atoms with Crippen LogP contribution in [0.1, 0.15) is 25.0 Å². The van der Waals surface area contributed by atoms with E-state index < -0.39 is 0 Å². The number of H-pyrrole nitrogens is 2. The summed E-state index contributed by atoms with van der Waals surface area (Å²) < 4.78 is 0. The third-order valence-corrected chi connectivity index (χ3v) is 3.02. The molecule has 0 radical (unpaired) electrons. The highest BCUT2D eigenvalue weighted by molar-refractivity contribution is 5.94. The van der Waals surface area contributed by atoms with Gasteiger partial charge in [-0.15, -0.1) is 0 Å². The molecule has 2 aromatic rings. The van der Waals surface area contributed by atoms with Crippen molar-refractivity contribution in [3.63, 3.8) is 0 Å². The van der Waals surface area contributed by atoms with Crippen LogP contribution in [-0.4, -0.2) is 26.1 Å². The van der Waals surface area contributed by atoms with Gasteiger partial charge in [0.25, 0.3) is 0 Å². The van der Waals surface area contributed by atoms with Crippen LogP contribution in [0.5, 0.6) is 0 Å². The highest BCUT2D eigenvalue weighted by Gasteiger charge is 2.25. The minimum Gasteiger partial charge on any atom is -0.341 e. The standard InChI is InChI=1S/C12H15N5O/c1-7-5-13-12(15-7)11-9(6-14-17-11)16-10(18)4-8-2-3-8/h5-6,8H,2-4H2,1H3,(H,13,15)(H,14,17)(H,16,18). The molecule has 0 aliphatic heterocycles. The summed E-state index contributed by atoms with van der Waals surface area (Å²) in [6.45, 7) is 1.93. The molecule has 94 valence electrons. The zero-order chi connectivity index (χ0) is 12.5. The van der Waals surface area contributed by atoms with Crippen molar-refractivity contribution in [2.75, 3.05) is 5.32 Å². The summed E-state index contributed by atoms with van der Waals surface area (Å²) >= 11 is 0. The molecule has 0 unspecified atom stereocenters. The van der Waals surface area contributed by atoms with E-state index in [9.17, 15) is 4.79 Å². The highest BCUT2D eigenvalue weighted by Crippen LogP contribution is 2.33. The van der Waals surface area contributed by atoms with Gasteiger partial charge in [0.1, 0.15) is 5.69 Å². The monoisotopic (exact) mass is 245 g/mol. The Kier molecular flexibility index (Phi) is 2.62. The SMILES string of the molecule is Cc1cnc(-c2[nH]ncc2NC(=O)CC2CC2)[nH]1. The number of rotatable bonds is 4. The van der Waals surface area contributed by atoms with Crippen LogP contribution in [-0.2, 0) is 4.79 Å². The van der Waals surface area contributed by atoms with Crippen molar-refractivity contribution in [2.45, 2.75) is 26.2 Å². The molecule has 3 N–H and O–H groups in total. The number of nitrogens with zero attached hydrogens (tertiary/aromatic N) is 2. The Hall–Kier alpha value is -2.11. The van der Waals surface area contributed by atoms with Crippen molar-refractivity contribution in [1.82, 2.24) is 20.2 Å². The minimum absolute atomic E-state index is 0.0448. The lowest BCUT2D eigenvalue weighted by Gasteiger charge is -2.03. The molecule has 2 aromatic heterocycles. The van der Waals surface area contributed by atoms with Crippen molar-refractivity contribution in [1.29, 1.82) is 0 Å². The largest absolute Gasteiger partial charge is 0.341 e. The van der Waals surface area contributed by atoms with Gasteiger partial charge in [-0.05, 0) is 25.7 Å². The Bertz CT molecular complexity index is 567. The van der Waals surface area contributed by atoms with Crippen LogP contribution < -0.4 is 5.32 Å². The van der Waals surface area contributed by atoms with Crippen molar-refractivity contribution >= 4 is 11.6 Å². The van der Waals surface area contributed by atoms with Crippen LogP contribution in [0.2, 0.25) is 0 Å². The Morgan fingerprint density at radius 2 is 2.33 bits per heavy atom. The number of hydrogen-bond acceptors (Lipinski definition) is 3. The number of carbonyl (C=O) groups excluding carboxylic acids is 1. The van der Waals surface area contributed by atoms with Gasteiger partial charge in [-0.3, -0.25) is 9.89 Å². The second-order valence-corrected chi connectivity index (χ2v) is 4.77. The zero-order valence-corrected chi connectivity index (χ0v) is 10.2. The topological polar surface area (TPSA) is 86.5 Å². The van der Waals surface area contributed by atoms with Crippen molar-refractivity contribution < 1.29 is 4.79 Å². The number of aryl methyl sites for hydroxylation is 1. The first kappa shape index (κ1) is 11.0. The first-order chi connectivity index (χ1) is 8.72. The first-order valence-electron chi connectivity index (χ1n) is 6.07. The molecule has 18 heavy (non-hydrogen) atoms. The molecule has 0 saturated heterocycles. The van der Waals surface area contributed by atoms with E-state index in [4.69, 9.17) is 0 Å². The van der Waals surface area contributed by atoms with Crippen molar-refractivity contribution in [2.24, 2.45) is 5.92 Å². The highest BCUT2D eigenvalue weighted by atomic mass is 16.1. The van der Waals surface area contributed by atoms with Crippen LogP contribution in [0.3, 0.4) is 0 Å². The summed E-state index contributed by atoms with van der Waals surface area (Å²) in [6.07, 6.45) is 6.29. The maximum atomic E-state index is 11.8. The molecule has 0 spiro atoms. The van der Waals surface area contributed by atoms with E-state index in [-0.39, 0.29) is 5.91 Å². The molecule has 1 fully saturated rings. The van der Waals surface area contributed by atoms with Crippen LogP contribution in [0, 0.1) is 12.8 Å². The lowest BCUT2D eigenvalue weighted by atomic mass is 10.2. The summed E-state index contributed by atoms with van der Waals surface area (Å²) in [5, 5.41) is 9.68. The molecule has 6 nitrogen and oxygen atoms in total. The number of anilines is 1. The predicted octanol–water partition coefficient (Wildman–Crippen LogP) is 1.85. The summed E-state index contributed by atoms with van der Waals surface area (Å²) in [5.74, 6) is 1.31. The van der Waals surface area contributed by atoms with E-state index in [1.165, 1.54) is 12.8 Å². The number of nitrogens with one attached hydrogen (secondary N) is 3. The molecule has 6 heteroatoms. The fourth-order valence-electron chi connectivity index (χ4n) is 1.89. The van der Waals surface area contributed by atoms with E-state index in [1.54, 1.807) is 12.4 Å². The fourth-order valence-corrected chi connectivity index (χ4v) is 1.89. The van der Waals surface area contributed by atoms with E-state index in [1.807, 2.05) is 6.92 Å². The number of carbonyl (C=O) groups is 1. The third kappa shape index (κ3) is 2.27.